The number of nitrogens with zero attached hydrogens (tertiary/aromatic N) is 1. The third kappa shape index (κ3) is 4.44. The first kappa shape index (κ1) is 17.7. The number of rotatable bonds is 6. The van der Waals surface area contributed by atoms with Crippen LogP contribution in [0.4, 0.5) is 4.79 Å². The topological polar surface area (TPSA) is 137 Å². The molecule has 1 unspecified atom stereocenters. The number of oxime groups is 1. The van der Waals surface area contributed by atoms with E-state index in [1.807, 2.05) is 5.32 Å². The Morgan fingerprint density at radius 2 is 2.17 bits per heavy atom. The largest absolute Gasteiger partial charge is 0.507 e. The average molecular weight is 400 g/mol. The van der Waals surface area contributed by atoms with Gasteiger partial charge in [0.2, 0.25) is 0 Å². The molecule has 1 aromatic carbocycles. The SMILES string of the molecule is O=C1NC(=O)C(CCNC(=O)/C(Cc2ccc(O)c(Br)c2)=N/O)O1. The van der Waals surface area contributed by atoms with E-state index in [2.05, 4.69) is 26.4 Å². The Labute approximate surface area is 144 Å². The van der Waals surface area contributed by atoms with Gasteiger partial charge >= 0.3 is 6.09 Å². The summed E-state index contributed by atoms with van der Waals surface area (Å²) in [5.41, 5.74) is 0.507. The van der Waals surface area contributed by atoms with Crippen LogP contribution in [-0.4, -0.2) is 46.6 Å². The molecule has 2 rings (SSSR count). The minimum Gasteiger partial charge on any atom is -0.507 e. The maximum atomic E-state index is 12.0. The van der Waals surface area contributed by atoms with Gasteiger partial charge in [-0.1, -0.05) is 11.2 Å². The van der Waals surface area contributed by atoms with E-state index in [1.165, 1.54) is 6.07 Å². The highest BCUT2D eigenvalue weighted by Gasteiger charge is 2.31. The van der Waals surface area contributed by atoms with Crippen LogP contribution < -0.4 is 10.6 Å². The zero-order valence-electron chi connectivity index (χ0n) is 12.3. The number of halogens is 1. The van der Waals surface area contributed by atoms with Gasteiger partial charge in [0.25, 0.3) is 11.8 Å². The minimum absolute atomic E-state index is 0.0418. The van der Waals surface area contributed by atoms with Gasteiger partial charge in [-0.05, 0) is 33.6 Å². The van der Waals surface area contributed by atoms with Crippen molar-refractivity contribution in [3.05, 3.63) is 28.2 Å². The third-order valence-corrected chi connectivity index (χ3v) is 3.86. The number of cyclic esters (lactones) is 1. The Hall–Kier alpha value is -2.62. The predicted molar refractivity (Wildman–Crippen MR) is 84.8 cm³/mol. The molecule has 0 radical (unpaired) electrons. The standard InChI is InChI=1S/C14H14BrN3O6/c15-8-5-7(1-2-10(8)19)6-9(18-23)12(20)16-4-3-11-13(21)17-14(22)24-11/h1-2,5,11,19,23H,3-4,6H2,(H,16,20)(H,17,21,22)/b18-9+. The van der Waals surface area contributed by atoms with Crippen molar-refractivity contribution in [2.45, 2.75) is 18.9 Å². The van der Waals surface area contributed by atoms with Crippen molar-refractivity contribution in [2.24, 2.45) is 5.16 Å². The monoisotopic (exact) mass is 399 g/mol. The Morgan fingerprint density at radius 1 is 1.42 bits per heavy atom. The van der Waals surface area contributed by atoms with Crippen LogP contribution in [0, 0.1) is 0 Å². The molecule has 0 spiro atoms. The van der Waals surface area contributed by atoms with Gasteiger partial charge in [-0.2, -0.15) is 0 Å². The van der Waals surface area contributed by atoms with Gasteiger partial charge in [0.1, 0.15) is 11.5 Å². The van der Waals surface area contributed by atoms with Crippen LogP contribution in [0.1, 0.15) is 12.0 Å². The van der Waals surface area contributed by atoms with E-state index in [0.29, 0.717) is 10.0 Å². The summed E-state index contributed by atoms with van der Waals surface area (Å²) in [4.78, 5) is 34.1. The van der Waals surface area contributed by atoms with Crippen LogP contribution in [-0.2, 0) is 20.7 Å². The molecule has 1 aliphatic heterocycles. The molecular weight excluding hydrogens is 386 g/mol. The number of aromatic hydroxyl groups is 1. The number of hydrogen-bond donors (Lipinski definition) is 4. The smallest absolute Gasteiger partial charge is 0.414 e. The molecule has 24 heavy (non-hydrogen) atoms. The predicted octanol–water partition coefficient (Wildman–Crippen LogP) is 0.669. The summed E-state index contributed by atoms with van der Waals surface area (Å²) >= 11 is 3.15. The summed E-state index contributed by atoms with van der Waals surface area (Å²) in [5.74, 6) is -1.12. The first-order chi connectivity index (χ1) is 11.4. The molecule has 1 atom stereocenters. The summed E-state index contributed by atoms with van der Waals surface area (Å²) in [5, 5.41) is 25.9. The van der Waals surface area contributed by atoms with Crippen LogP contribution in [0.2, 0.25) is 0 Å². The maximum absolute atomic E-state index is 12.0. The Morgan fingerprint density at radius 3 is 2.75 bits per heavy atom. The highest BCUT2D eigenvalue weighted by atomic mass is 79.9. The first-order valence-corrected chi connectivity index (χ1v) is 7.68. The van der Waals surface area contributed by atoms with E-state index < -0.39 is 24.0 Å². The number of ether oxygens (including phenoxy) is 1. The molecule has 0 aliphatic carbocycles. The number of alkyl carbamates (subject to hydrolysis) is 1. The lowest BCUT2D eigenvalue weighted by molar-refractivity contribution is -0.124. The highest BCUT2D eigenvalue weighted by molar-refractivity contribution is 9.10. The van der Waals surface area contributed by atoms with Crippen molar-refractivity contribution in [1.82, 2.24) is 10.6 Å². The molecule has 9 nitrogen and oxygen atoms in total. The summed E-state index contributed by atoms with van der Waals surface area (Å²) in [7, 11) is 0. The Kier molecular flexibility index (Phi) is 5.74. The first-order valence-electron chi connectivity index (χ1n) is 6.88. The molecule has 0 bridgehead atoms. The fourth-order valence-corrected chi connectivity index (χ4v) is 2.44. The minimum atomic E-state index is -0.944. The number of amides is 3. The Bertz CT molecular complexity index is 706. The molecule has 1 saturated heterocycles. The van der Waals surface area contributed by atoms with Crippen LogP contribution in [0.3, 0.4) is 0 Å². The van der Waals surface area contributed by atoms with E-state index in [0.717, 1.165) is 0 Å². The normalized spacial score (nSPS) is 17.4. The summed E-state index contributed by atoms with van der Waals surface area (Å²) in [6.45, 7) is 0.0580. The number of benzene rings is 1. The second-order valence-corrected chi connectivity index (χ2v) is 5.79. The van der Waals surface area contributed by atoms with Gasteiger partial charge in [-0.25, -0.2) is 4.79 Å². The Balaban J connectivity index is 1.86. The van der Waals surface area contributed by atoms with Gasteiger partial charge in [-0.3, -0.25) is 14.9 Å². The van der Waals surface area contributed by atoms with Crippen LogP contribution in [0.5, 0.6) is 5.75 Å². The number of phenols is 1. The van der Waals surface area contributed by atoms with E-state index >= 15 is 0 Å². The molecule has 1 fully saturated rings. The maximum Gasteiger partial charge on any atom is 0.414 e. The van der Waals surface area contributed by atoms with Gasteiger partial charge in [0, 0.05) is 19.4 Å². The molecule has 3 amide bonds. The number of hydrogen-bond acceptors (Lipinski definition) is 7. The summed E-state index contributed by atoms with van der Waals surface area (Å²) < 4.78 is 5.15. The second kappa shape index (κ2) is 7.77. The lowest BCUT2D eigenvalue weighted by Crippen LogP contribution is -2.35. The molecule has 1 aromatic rings. The van der Waals surface area contributed by atoms with Crippen molar-refractivity contribution in [2.75, 3.05) is 6.54 Å². The molecule has 0 aromatic heterocycles. The van der Waals surface area contributed by atoms with E-state index in [-0.39, 0.29) is 30.8 Å². The van der Waals surface area contributed by atoms with E-state index in [4.69, 9.17) is 9.94 Å². The van der Waals surface area contributed by atoms with Crippen molar-refractivity contribution < 1.29 is 29.4 Å². The molecule has 128 valence electrons. The molecule has 1 aliphatic rings. The van der Waals surface area contributed by atoms with Crippen molar-refractivity contribution in [1.29, 1.82) is 0 Å². The molecule has 4 N–H and O–H groups in total. The number of carbonyl (C=O) groups is 3. The quantitative estimate of drug-likeness (QED) is 0.315. The molecular formula is C14H14BrN3O6. The zero-order chi connectivity index (χ0) is 17.7. The van der Waals surface area contributed by atoms with Crippen molar-refractivity contribution in [3.63, 3.8) is 0 Å². The fourth-order valence-electron chi connectivity index (χ4n) is 2.02. The lowest BCUT2D eigenvalue weighted by Gasteiger charge is -2.09. The third-order valence-electron chi connectivity index (χ3n) is 3.23. The summed E-state index contributed by atoms with van der Waals surface area (Å²) in [6.07, 6.45) is -1.61. The van der Waals surface area contributed by atoms with E-state index in [1.54, 1.807) is 12.1 Å². The van der Waals surface area contributed by atoms with Gasteiger partial charge < -0.3 is 20.4 Å². The van der Waals surface area contributed by atoms with Crippen LogP contribution in [0.25, 0.3) is 0 Å². The number of imide groups is 1. The van der Waals surface area contributed by atoms with Crippen molar-refractivity contribution in [3.8, 4) is 5.75 Å². The van der Waals surface area contributed by atoms with Gasteiger partial charge in [0.05, 0.1) is 4.47 Å². The van der Waals surface area contributed by atoms with Crippen molar-refractivity contribution >= 4 is 39.5 Å². The average Bonchev–Trinajstić information content (AvgIpc) is 2.86. The van der Waals surface area contributed by atoms with Crippen LogP contribution >= 0.6 is 15.9 Å². The van der Waals surface area contributed by atoms with Gasteiger partial charge in [-0.15, -0.1) is 0 Å². The second-order valence-electron chi connectivity index (χ2n) is 4.94. The molecule has 1 heterocycles. The number of carbonyl (C=O) groups excluding carboxylic acids is 3. The molecule has 0 saturated carbocycles. The fraction of sp³-hybridized carbons (Fsp3) is 0.286. The number of phenolic OH excluding ortho intramolecular Hbond substituents is 1. The number of nitrogens with one attached hydrogen (secondary N) is 2. The van der Waals surface area contributed by atoms with Gasteiger partial charge in [0.15, 0.2) is 6.10 Å². The molecule has 10 heteroatoms. The lowest BCUT2D eigenvalue weighted by atomic mass is 10.1. The van der Waals surface area contributed by atoms with Crippen LogP contribution in [0.15, 0.2) is 27.8 Å². The highest BCUT2D eigenvalue weighted by Crippen LogP contribution is 2.24. The van der Waals surface area contributed by atoms with E-state index in [9.17, 15) is 19.5 Å². The summed E-state index contributed by atoms with van der Waals surface area (Å²) in [6, 6.07) is 4.62. The zero-order valence-corrected chi connectivity index (χ0v) is 13.9.